The molecule has 0 fully saturated rings. The number of aromatic nitrogens is 2. The maximum Gasteiger partial charge on any atom is 0.273 e. The Morgan fingerprint density at radius 3 is 2.60 bits per heavy atom. The van der Waals surface area contributed by atoms with Crippen LogP contribution in [0.2, 0.25) is 0 Å². The van der Waals surface area contributed by atoms with Crippen molar-refractivity contribution in [3.63, 3.8) is 0 Å². The van der Waals surface area contributed by atoms with E-state index in [9.17, 15) is 4.79 Å². The van der Waals surface area contributed by atoms with E-state index in [1.165, 1.54) is 5.56 Å². The van der Waals surface area contributed by atoms with Crippen LogP contribution in [0, 0.1) is 5.92 Å². The summed E-state index contributed by atoms with van der Waals surface area (Å²) in [5.41, 5.74) is 2.86. The Labute approximate surface area is 147 Å². The summed E-state index contributed by atoms with van der Waals surface area (Å²) in [7, 11) is 0. The first-order chi connectivity index (χ1) is 11.9. The quantitative estimate of drug-likeness (QED) is 0.797. The van der Waals surface area contributed by atoms with Crippen molar-refractivity contribution in [1.29, 1.82) is 0 Å². The summed E-state index contributed by atoms with van der Waals surface area (Å²) in [5.74, 6) is 0.825. The third kappa shape index (κ3) is 2.68. The summed E-state index contributed by atoms with van der Waals surface area (Å²) < 4.78 is 2.05. The van der Waals surface area contributed by atoms with E-state index in [1.807, 2.05) is 41.3 Å². The zero-order valence-electron chi connectivity index (χ0n) is 14.7. The molecule has 1 aromatic carbocycles. The number of hydrogen-bond acceptors (Lipinski definition) is 3. The SMILES string of the molecule is CC(C)(C)c1cc(=O)nc2n1C=CC1C2=CC=NC1c1ccccc1. The maximum atomic E-state index is 12.2. The van der Waals surface area contributed by atoms with Gasteiger partial charge in [-0.1, -0.05) is 57.2 Å². The van der Waals surface area contributed by atoms with Gasteiger partial charge in [0.15, 0.2) is 0 Å². The van der Waals surface area contributed by atoms with E-state index in [-0.39, 0.29) is 22.9 Å². The van der Waals surface area contributed by atoms with Gasteiger partial charge in [-0.15, -0.1) is 0 Å². The highest BCUT2D eigenvalue weighted by Crippen LogP contribution is 2.41. The van der Waals surface area contributed by atoms with E-state index in [1.54, 1.807) is 6.07 Å². The Morgan fingerprint density at radius 2 is 1.88 bits per heavy atom. The van der Waals surface area contributed by atoms with Gasteiger partial charge in [0.25, 0.3) is 5.56 Å². The molecule has 0 N–H and O–H groups in total. The molecule has 2 atom stereocenters. The van der Waals surface area contributed by atoms with Gasteiger partial charge in [0.2, 0.25) is 0 Å². The Morgan fingerprint density at radius 1 is 1.12 bits per heavy atom. The molecular formula is C21H21N3O. The third-order valence-corrected chi connectivity index (χ3v) is 4.77. The third-order valence-electron chi connectivity index (χ3n) is 4.77. The number of hydrogen-bond donors (Lipinski definition) is 0. The van der Waals surface area contributed by atoms with Crippen LogP contribution in [0.3, 0.4) is 0 Å². The first-order valence-electron chi connectivity index (χ1n) is 8.56. The van der Waals surface area contributed by atoms with Gasteiger partial charge in [0, 0.05) is 41.1 Å². The number of nitrogens with zero attached hydrogens (tertiary/aromatic N) is 3. The fourth-order valence-electron chi connectivity index (χ4n) is 3.57. The highest BCUT2D eigenvalue weighted by molar-refractivity contribution is 5.88. The van der Waals surface area contributed by atoms with Crippen LogP contribution in [0.25, 0.3) is 11.8 Å². The van der Waals surface area contributed by atoms with Crippen molar-refractivity contribution < 1.29 is 0 Å². The summed E-state index contributed by atoms with van der Waals surface area (Å²) in [6.07, 6.45) is 8.04. The van der Waals surface area contributed by atoms with Crippen molar-refractivity contribution in [3.05, 3.63) is 76.0 Å². The number of rotatable bonds is 1. The molecule has 2 aromatic rings. The maximum absolute atomic E-state index is 12.2. The molecule has 4 rings (SSSR count). The highest BCUT2D eigenvalue weighted by Gasteiger charge is 2.33. The number of fused-ring (bicyclic) bond motifs is 3. The Balaban J connectivity index is 1.87. The Bertz CT molecular complexity index is 959. The van der Waals surface area contributed by atoms with Crippen LogP contribution in [0.1, 0.15) is 43.9 Å². The van der Waals surface area contributed by atoms with Crippen LogP contribution < -0.4 is 5.56 Å². The fraction of sp³-hybridized carbons (Fsp3) is 0.286. The van der Waals surface area contributed by atoms with E-state index in [4.69, 9.17) is 0 Å². The smallest absolute Gasteiger partial charge is 0.273 e. The van der Waals surface area contributed by atoms with Crippen molar-refractivity contribution in [2.75, 3.05) is 0 Å². The van der Waals surface area contributed by atoms with E-state index >= 15 is 0 Å². The van der Waals surface area contributed by atoms with Gasteiger partial charge in [-0.25, -0.2) is 0 Å². The minimum atomic E-state index is -0.190. The van der Waals surface area contributed by atoms with Gasteiger partial charge in [-0.05, 0) is 11.6 Å². The molecule has 126 valence electrons. The summed E-state index contributed by atoms with van der Waals surface area (Å²) in [4.78, 5) is 21.2. The first-order valence-corrected chi connectivity index (χ1v) is 8.56. The van der Waals surface area contributed by atoms with E-state index < -0.39 is 0 Å². The summed E-state index contributed by atoms with van der Waals surface area (Å²) in [6, 6.07) is 11.9. The van der Waals surface area contributed by atoms with Crippen LogP contribution >= 0.6 is 0 Å². The average Bonchev–Trinajstić information content (AvgIpc) is 2.60. The van der Waals surface area contributed by atoms with Crippen LogP contribution in [0.4, 0.5) is 0 Å². The second-order valence-corrected chi connectivity index (χ2v) is 7.57. The van der Waals surface area contributed by atoms with Crippen molar-refractivity contribution in [2.24, 2.45) is 10.9 Å². The molecular weight excluding hydrogens is 310 g/mol. The van der Waals surface area contributed by atoms with Gasteiger partial charge >= 0.3 is 0 Å². The Kier molecular flexibility index (Phi) is 3.57. The van der Waals surface area contributed by atoms with Crippen molar-refractivity contribution >= 4 is 18.0 Å². The lowest BCUT2D eigenvalue weighted by Crippen LogP contribution is -2.30. The lowest BCUT2D eigenvalue weighted by atomic mass is 9.82. The van der Waals surface area contributed by atoms with Gasteiger partial charge in [-0.2, -0.15) is 4.98 Å². The molecule has 2 aliphatic rings. The van der Waals surface area contributed by atoms with E-state index in [0.29, 0.717) is 0 Å². The number of dihydropyridines is 1. The molecule has 0 aliphatic carbocycles. The summed E-state index contributed by atoms with van der Waals surface area (Å²) in [5, 5.41) is 0. The van der Waals surface area contributed by atoms with Gasteiger partial charge in [-0.3, -0.25) is 9.79 Å². The average molecular weight is 331 g/mol. The molecule has 2 aliphatic heterocycles. The number of allylic oxidation sites excluding steroid dienone is 1. The molecule has 2 unspecified atom stereocenters. The zero-order valence-corrected chi connectivity index (χ0v) is 14.7. The van der Waals surface area contributed by atoms with Crippen LogP contribution in [-0.2, 0) is 5.41 Å². The second kappa shape index (κ2) is 5.66. The minimum absolute atomic E-state index is 0.0152. The molecule has 0 bridgehead atoms. The van der Waals surface area contributed by atoms with Crippen molar-refractivity contribution in [2.45, 2.75) is 32.2 Å². The van der Waals surface area contributed by atoms with E-state index in [0.717, 1.165) is 17.1 Å². The summed E-state index contributed by atoms with van der Waals surface area (Å²) >= 11 is 0. The largest absolute Gasteiger partial charge is 0.305 e. The first kappa shape index (κ1) is 15.8. The lowest BCUT2D eigenvalue weighted by molar-refractivity contribution is 0.542. The molecule has 4 heteroatoms. The van der Waals surface area contributed by atoms with Crippen LogP contribution in [0.15, 0.2) is 58.3 Å². The Hall–Kier alpha value is -2.75. The predicted molar refractivity (Wildman–Crippen MR) is 102 cm³/mol. The fourth-order valence-corrected chi connectivity index (χ4v) is 3.57. The number of aliphatic imine (C=N–C) groups is 1. The highest BCUT2D eigenvalue weighted by atomic mass is 16.1. The molecule has 0 amide bonds. The second-order valence-electron chi connectivity index (χ2n) is 7.57. The van der Waals surface area contributed by atoms with E-state index in [2.05, 4.69) is 49.0 Å². The molecule has 3 heterocycles. The van der Waals surface area contributed by atoms with Crippen LogP contribution in [0.5, 0.6) is 0 Å². The topological polar surface area (TPSA) is 47.2 Å². The van der Waals surface area contributed by atoms with Gasteiger partial charge < -0.3 is 4.57 Å². The minimum Gasteiger partial charge on any atom is -0.305 e. The molecule has 0 saturated carbocycles. The number of benzene rings is 1. The summed E-state index contributed by atoms with van der Waals surface area (Å²) in [6.45, 7) is 6.33. The van der Waals surface area contributed by atoms with Crippen molar-refractivity contribution in [3.8, 4) is 0 Å². The molecule has 0 radical (unpaired) electrons. The molecule has 0 saturated heterocycles. The van der Waals surface area contributed by atoms with Crippen LogP contribution in [-0.4, -0.2) is 15.8 Å². The normalized spacial score (nSPS) is 21.5. The molecule has 0 spiro atoms. The predicted octanol–water partition coefficient (Wildman–Crippen LogP) is 3.85. The standard InChI is InChI=1S/C21H21N3O/c1-21(2,3)17-13-18(25)23-20-16-9-11-22-19(14-7-5-4-6-8-14)15(16)10-12-24(17)20/h4-13,15,19H,1-3H3. The zero-order chi connectivity index (χ0) is 17.6. The molecule has 25 heavy (non-hydrogen) atoms. The molecule has 1 aromatic heterocycles. The van der Waals surface area contributed by atoms with Crippen molar-refractivity contribution in [1.82, 2.24) is 9.55 Å². The van der Waals surface area contributed by atoms with Gasteiger partial charge in [0.05, 0.1) is 6.04 Å². The van der Waals surface area contributed by atoms with Gasteiger partial charge in [0.1, 0.15) is 5.82 Å². The monoisotopic (exact) mass is 331 g/mol. The lowest BCUT2D eigenvalue weighted by Gasteiger charge is -2.33. The molecule has 4 nitrogen and oxygen atoms in total.